The molecule has 2 aromatic rings. The lowest BCUT2D eigenvalue weighted by Crippen LogP contribution is -2.65. The first-order valence-corrected chi connectivity index (χ1v) is 35.1. The Bertz CT molecular complexity index is 3210. The molecular weight excluding hydrogens is 1330 g/mol. The highest BCUT2D eigenvalue weighted by Crippen LogP contribution is 2.25. The van der Waals surface area contributed by atoms with Gasteiger partial charge in [0.25, 0.3) is 0 Å². The minimum Gasteiger partial charge on any atom is -0.481 e. The normalized spacial score (nSPS) is 23.4. The number of nitrogens with two attached hydrogens (primary N) is 3. The number of hydrogen-bond acceptors (Lipinski definition) is 20. The number of carbonyl (C=O) groups excluding carboxylic acids is 12. The number of hydrogen-bond donors (Lipinski definition) is 18. The minimum absolute atomic E-state index is 0.00990. The largest absolute Gasteiger partial charge is 0.481 e. The van der Waals surface area contributed by atoms with Crippen LogP contribution < -0.4 is 75.7 Å². The molecule has 1 unspecified atom stereocenters. The van der Waals surface area contributed by atoms with Crippen molar-refractivity contribution in [2.75, 3.05) is 18.8 Å². The van der Waals surface area contributed by atoms with Gasteiger partial charge in [-0.25, -0.2) is 4.98 Å². The van der Waals surface area contributed by atoms with E-state index in [0.717, 1.165) is 6.42 Å². The Balaban J connectivity index is 1.79. The van der Waals surface area contributed by atoms with E-state index in [1.807, 2.05) is 13.8 Å². The number of aliphatic hydroxyl groups is 1. The Morgan fingerprint density at radius 2 is 1.29 bits per heavy atom. The molecule has 101 heavy (non-hydrogen) atoms. The van der Waals surface area contributed by atoms with Gasteiger partial charge in [-0.3, -0.25) is 72.1 Å². The molecule has 0 spiro atoms. The van der Waals surface area contributed by atoms with Gasteiger partial charge in [0.15, 0.2) is 0 Å². The fraction of sp³-hybridized carbons (Fsp3) is 0.636. The van der Waals surface area contributed by atoms with E-state index in [2.05, 4.69) is 73.4 Å². The zero-order valence-corrected chi connectivity index (χ0v) is 59.3. The van der Waals surface area contributed by atoms with E-state index in [0.29, 0.717) is 10.6 Å². The molecule has 1 fully saturated rings. The van der Waals surface area contributed by atoms with E-state index >= 15 is 0 Å². The van der Waals surface area contributed by atoms with Gasteiger partial charge in [-0.15, -0.1) is 11.8 Å². The number of rotatable bonds is 31. The molecule has 0 bridgehead atoms. The molecule has 2 aliphatic heterocycles. The average Bonchev–Trinajstić information content (AvgIpc) is 0.939. The number of aliphatic carboxylic acids is 2. The first-order chi connectivity index (χ1) is 47.7. The van der Waals surface area contributed by atoms with Crippen molar-refractivity contribution in [3.63, 3.8) is 0 Å². The Morgan fingerprint density at radius 1 is 0.693 bits per heavy atom. The number of amides is 12. The number of aromatic amines is 1. The summed E-state index contributed by atoms with van der Waals surface area (Å²) >= 11 is 1.34. The molecule has 1 aromatic heterocycles. The van der Waals surface area contributed by atoms with Crippen LogP contribution in [0.25, 0.3) is 0 Å². The summed E-state index contributed by atoms with van der Waals surface area (Å²) in [4.78, 5) is 207. The predicted molar refractivity (Wildman–Crippen MR) is 371 cm³/mol. The number of carboxylic acids is 2. The van der Waals surface area contributed by atoms with Gasteiger partial charge >= 0.3 is 11.9 Å². The van der Waals surface area contributed by atoms with E-state index in [1.54, 1.807) is 58.0 Å². The Hall–Kier alpha value is -9.09. The highest BCUT2D eigenvalue weighted by Gasteiger charge is 2.43. The molecule has 21 N–H and O–H groups in total. The van der Waals surface area contributed by atoms with Gasteiger partial charge in [-0.1, -0.05) is 91.6 Å². The number of nitrogens with zero attached hydrogens (tertiary/aromatic N) is 2. The lowest BCUT2D eigenvalue weighted by Gasteiger charge is -2.34. The molecule has 3 heterocycles. The highest BCUT2D eigenvalue weighted by atomic mass is 32.2. The van der Waals surface area contributed by atoms with Crippen molar-refractivity contribution in [3.8, 4) is 0 Å². The van der Waals surface area contributed by atoms with Gasteiger partial charge in [-0.2, -0.15) is 0 Å². The smallest absolute Gasteiger partial charge is 0.305 e. The van der Waals surface area contributed by atoms with E-state index in [1.165, 1.54) is 38.1 Å². The van der Waals surface area contributed by atoms with Crippen LogP contribution in [0.2, 0.25) is 0 Å². The summed E-state index contributed by atoms with van der Waals surface area (Å²) in [5.41, 5.74) is 16.5. The molecule has 0 aliphatic carbocycles. The van der Waals surface area contributed by atoms with E-state index in [9.17, 15) is 82.4 Å². The number of primary amides is 1. The standard InChI is InChI=1S/C66H103N17O17S/c1-9-35(6)51(69)65-81-47(32-101-65)62(97)76-42(26-34(4)5)58(93)74-41(22-23-49(85)86)56(91)82-52(36(7)10-2)63(98)75-39-20-15-16-25-71-54(89)45(29-48(68)84)78-61(96)46(30-50(87)88)79-60(95)44(28-38-31-70-33-72-38)77-59(94)43(27-37-18-13-12-14-19-37)80-64(99)53(66(8,100)11-3)83-57(92)40(21-17-24-67)73-55(39)90/h12-14,18-19,31,33-36,39-47,51-53,100H,9-11,15-17,20-30,32,67,69H2,1-8H3,(H2,68,84)(H,70,72)(H,71,89)(H,73,90)(H,74,93)(H,75,98)(H,76,97)(H,77,94)(H,78,96)(H,79,95)(H,80,99)(H,82,91)(H,83,92)(H,85,86)(H,87,88)/t35-,36-,39-,40+,41+,42-,43+,44-,45-,46+,47-,51-,52-,53+,66?/m0/s1. The monoisotopic (exact) mass is 1440 g/mol. The maximum atomic E-state index is 14.9. The summed E-state index contributed by atoms with van der Waals surface area (Å²) in [5.74, 6) is -15.6. The van der Waals surface area contributed by atoms with Crippen molar-refractivity contribution >= 4 is 99.6 Å². The molecule has 34 nitrogen and oxygen atoms in total. The van der Waals surface area contributed by atoms with Crippen LogP contribution in [0, 0.1) is 17.8 Å². The van der Waals surface area contributed by atoms with Gasteiger partial charge in [0.2, 0.25) is 70.9 Å². The molecule has 35 heteroatoms. The van der Waals surface area contributed by atoms with Crippen molar-refractivity contribution in [1.29, 1.82) is 0 Å². The Kier molecular flexibility index (Phi) is 34.7. The molecule has 0 saturated carbocycles. The molecule has 1 aromatic carbocycles. The molecule has 12 amide bonds. The molecule has 1 saturated heterocycles. The number of benzene rings is 1. The first kappa shape index (κ1) is 84.3. The molecule has 0 radical (unpaired) electrons. The number of thioether (sulfide) groups is 1. The summed E-state index contributed by atoms with van der Waals surface area (Å²) < 4.78 is 0. The third-order valence-corrected chi connectivity index (χ3v) is 18.7. The number of imidazole rings is 1. The lowest BCUT2D eigenvalue weighted by atomic mass is 9.91. The van der Waals surface area contributed by atoms with Crippen molar-refractivity contribution in [1.82, 2.24) is 68.5 Å². The van der Waals surface area contributed by atoms with Gasteiger partial charge < -0.3 is 96.0 Å². The Labute approximate surface area is 590 Å². The van der Waals surface area contributed by atoms with Crippen LogP contribution in [-0.2, 0) is 80.0 Å². The zero-order valence-electron chi connectivity index (χ0n) is 58.5. The van der Waals surface area contributed by atoms with Crippen LogP contribution in [0.1, 0.15) is 150 Å². The summed E-state index contributed by atoms with van der Waals surface area (Å²) in [6, 6.07) is -9.55. The zero-order chi connectivity index (χ0) is 75.3. The van der Waals surface area contributed by atoms with Gasteiger partial charge in [0, 0.05) is 43.5 Å². The predicted octanol–water partition coefficient (Wildman–Crippen LogP) is -2.56. The van der Waals surface area contributed by atoms with Gasteiger partial charge in [0.1, 0.15) is 66.5 Å². The Morgan fingerprint density at radius 3 is 1.87 bits per heavy atom. The second-order valence-electron chi connectivity index (χ2n) is 26.2. The fourth-order valence-electron chi connectivity index (χ4n) is 10.8. The SMILES string of the molecule is CC[C@H](C)[C@H](N)C1=N[C@H](C(=O)N[C@@H](CC(C)C)C(=O)N[C@H](CCC(=O)O)C(=O)N[C@H](C(=O)N[C@H]2CCCCNC(=O)[C@H](CC(N)=O)NC(=O)[C@@H](CC(=O)O)NC(=O)[C@H](Cc3cnc[nH]3)NC(=O)[C@@H](Cc3ccccc3)NC(=O)[C@H](C(C)(O)CC)NC(=O)[C@@H](CCCN)NC2=O)[C@@H](C)CC)CS1. The second-order valence-corrected chi connectivity index (χ2v) is 27.3. The van der Waals surface area contributed by atoms with Crippen LogP contribution in [-0.4, -0.2) is 210 Å². The van der Waals surface area contributed by atoms with Crippen LogP contribution >= 0.6 is 11.8 Å². The van der Waals surface area contributed by atoms with E-state index in [-0.39, 0.29) is 101 Å². The first-order valence-electron chi connectivity index (χ1n) is 34.1. The average molecular weight is 1440 g/mol. The third kappa shape index (κ3) is 27.8. The van der Waals surface area contributed by atoms with Crippen molar-refractivity contribution in [2.45, 2.75) is 230 Å². The van der Waals surface area contributed by atoms with Crippen molar-refractivity contribution in [3.05, 3.63) is 54.1 Å². The summed E-state index contributed by atoms with van der Waals surface area (Å²) in [6.07, 6.45) is -0.681. The van der Waals surface area contributed by atoms with Crippen LogP contribution in [0.5, 0.6) is 0 Å². The number of carbonyl (C=O) groups is 14. The third-order valence-electron chi connectivity index (χ3n) is 17.6. The maximum Gasteiger partial charge on any atom is 0.305 e. The molecule has 2 aliphatic rings. The van der Waals surface area contributed by atoms with Crippen molar-refractivity contribution in [2.24, 2.45) is 39.9 Å². The highest BCUT2D eigenvalue weighted by molar-refractivity contribution is 8.14. The second kappa shape index (κ2) is 41.6. The van der Waals surface area contributed by atoms with Crippen LogP contribution in [0.15, 0.2) is 47.8 Å². The summed E-state index contributed by atoms with van der Waals surface area (Å²) in [6.45, 7) is 13.3. The number of aliphatic imine (C=N–C) groups is 1. The summed E-state index contributed by atoms with van der Waals surface area (Å²) in [5, 5.41) is 60.4. The quantitative estimate of drug-likeness (QED) is 0.0369. The summed E-state index contributed by atoms with van der Waals surface area (Å²) in [7, 11) is 0. The molecule has 15 atom stereocenters. The fourth-order valence-corrected chi connectivity index (χ4v) is 12.0. The topological polar surface area (TPSA) is 551 Å². The molecule has 4 rings (SSSR count). The van der Waals surface area contributed by atoms with E-state index < -0.39 is 193 Å². The van der Waals surface area contributed by atoms with Crippen LogP contribution in [0.4, 0.5) is 0 Å². The van der Waals surface area contributed by atoms with Gasteiger partial charge in [-0.05, 0) is 88.2 Å². The van der Waals surface area contributed by atoms with E-state index in [4.69, 9.17) is 17.2 Å². The number of H-pyrrole nitrogens is 1. The van der Waals surface area contributed by atoms with Gasteiger partial charge in [0.05, 0.1) is 35.9 Å². The number of nitrogens with one attached hydrogen (secondary N) is 12. The molecule has 560 valence electrons. The van der Waals surface area contributed by atoms with Crippen molar-refractivity contribution < 1.29 is 82.4 Å². The number of carboxylic acid groups (broad SMARTS) is 2. The lowest BCUT2D eigenvalue weighted by molar-refractivity contribution is -0.142. The maximum absolute atomic E-state index is 14.9. The molecular formula is C66H103N17O17S. The van der Waals surface area contributed by atoms with Crippen LogP contribution in [0.3, 0.4) is 0 Å². The number of aromatic nitrogens is 2. The minimum atomic E-state index is -2.10.